The van der Waals surface area contributed by atoms with E-state index in [-0.39, 0.29) is 11.8 Å². The van der Waals surface area contributed by atoms with Gasteiger partial charge in [0.25, 0.3) is 0 Å². The third kappa shape index (κ3) is 4.82. The van der Waals surface area contributed by atoms with Crippen molar-refractivity contribution < 1.29 is 9.59 Å². The van der Waals surface area contributed by atoms with Crippen molar-refractivity contribution in [1.82, 2.24) is 9.80 Å². The van der Waals surface area contributed by atoms with Crippen molar-refractivity contribution in [3.8, 4) is 0 Å². The quantitative estimate of drug-likeness (QED) is 0.813. The molecule has 0 atom stereocenters. The zero-order chi connectivity index (χ0) is 21.0. The Bertz CT molecular complexity index is 697. The Morgan fingerprint density at radius 1 is 0.897 bits per heavy atom. The monoisotopic (exact) mass is 399 g/mol. The Morgan fingerprint density at radius 2 is 1.48 bits per heavy atom. The first-order valence-electron chi connectivity index (χ1n) is 11.3. The van der Waals surface area contributed by atoms with Gasteiger partial charge < -0.3 is 10.2 Å². The van der Waals surface area contributed by atoms with Crippen molar-refractivity contribution in [2.45, 2.75) is 71.3 Å². The van der Waals surface area contributed by atoms with E-state index in [1.807, 2.05) is 26.0 Å². The normalized spacial score (nSPS) is 20.1. The van der Waals surface area contributed by atoms with Crippen LogP contribution in [0.1, 0.15) is 65.4 Å². The molecule has 1 heterocycles. The zero-order valence-electron chi connectivity index (χ0n) is 18.5. The number of benzene rings is 1. The van der Waals surface area contributed by atoms with Crippen LogP contribution in [0.4, 0.5) is 5.69 Å². The topological polar surface area (TPSA) is 52.7 Å². The molecule has 1 aromatic rings. The van der Waals surface area contributed by atoms with E-state index in [9.17, 15) is 9.59 Å². The van der Waals surface area contributed by atoms with Gasteiger partial charge in [-0.2, -0.15) is 0 Å². The van der Waals surface area contributed by atoms with E-state index in [0.29, 0.717) is 11.9 Å². The molecule has 1 aliphatic carbocycles. The molecule has 160 valence electrons. The SMILES string of the molecule is CC(C)C(=O)Nc1ccc(C2(C(=O)N3CCN(C(C)C)CC3)CCCCC2)cc1. The fraction of sp³-hybridized carbons (Fsp3) is 0.667. The Balaban J connectivity index is 1.78. The third-order valence-electron chi connectivity index (χ3n) is 6.68. The molecule has 2 aliphatic rings. The number of carbonyl (C=O) groups excluding carboxylic acids is 2. The summed E-state index contributed by atoms with van der Waals surface area (Å²) in [5.74, 6) is 0.272. The second-order valence-electron chi connectivity index (χ2n) is 9.29. The van der Waals surface area contributed by atoms with Crippen molar-refractivity contribution in [2.75, 3.05) is 31.5 Å². The number of rotatable bonds is 5. The number of amides is 2. The molecule has 0 unspecified atom stereocenters. The van der Waals surface area contributed by atoms with Crippen molar-refractivity contribution in [2.24, 2.45) is 5.92 Å². The highest BCUT2D eigenvalue weighted by atomic mass is 16.2. The van der Waals surface area contributed by atoms with E-state index in [1.165, 1.54) is 6.42 Å². The van der Waals surface area contributed by atoms with Crippen LogP contribution in [0.3, 0.4) is 0 Å². The van der Waals surface area contributed by atoms with Gasteiger partial charge >= 0.3 is 0 Å². The largest absolute Gasteiger partial charge is 0.339 e. The number of hydrogen-bond donors (Lipinski definition) is 1. The van der Waals surface area contributed by atoms with Crippen LogP contribution in [0.5, 0.6) is 0 Å². The molecular weight excluding hydrogens is 362 g/mol. The predicted molar refractivity (Wildman–Crippen MR) is 118 cm³/mol. The van der Waals surface area contributed by atoms with Crippen molar-refractivity contribution in [3.63, 3.8) is 0 Å². The van der Waals surface area contributed by atoms with Crippen LogP contribution in [0.15, 0.2) is 24.3 Å². The summed E-state index contributed by atoms with van der Waals surface area (Å²) in [6, 6.07) is 8.56. The first-order valence-corrected chi connectivity index (χ1v) is 11.3. The van der Waals surface area contributed by atoms with Gasteiger partial charge in [0, 0.05) is 43.8 Å². The maximum atomic E-state index is 13.7. The van der Waals surface area contributed by atoms with Crippen LogP contribution in [0.25, 0.3) is 0 Å². The van der Waals surface area contributed by atoms with Crippen molar-refractivity contribution >= 4 is 17.5 Å². The third-order valence-corrected chi connectivity index (χ3v) is 6.68. The van der Waals surface area contributed by atoms with Crippen LogP contribution in [-0.2, 0) is 15.0 Å². The first kappa shape index (κ1) is 21.8. The summed E-state index contributed by atoms with van der Waals surface area (Å²) in [5.41, 5.74) is 1.51. The molecule has 0 spiro atoms. The van der Waals surface area contributed by atoms with Gasteiger partial charge in [-0.3, -0.25) is 14.5 Å². The van der Waals surface area contributed by atoms with Crippen LogP contribution in [-0.4, -0.2) is 53.8 Å². The van der Waals surface area contributed by atoms with E-state index in [4.69, 9.17) is 0 Å². The van der Waals surface area contributed by atoms with Gasteiger partial charge in [-0.05, 0) is 44.4 Å². The molecule has 0 bridgehead atoms. The summed E-state index contributed by atoms with van der Waals surface area (Å²) in [7, 11) is 0. The fourth-order valence-electron chi connectivity index (χ4n) is 4.68. The van der Waals surface area contributed by atoms with E-state index < -0.39 is 5.41 Å². The van der Waals surface area contributed by atoms with Gasteiger partial charge in [0.05, 0.1) is 5.41 Å². The van der Waals surface area contributed by atoms with Crippen LogP contribution in [0.2, 0.25) is 0 Å². The lowest BCUT2D eigenvalue weighted by molar-refractivity contribution is -0.141. The Morgan fingerprint density at radius 3 is 2.00 bits per heavy atom. The Hall–Kier alpha value is -1.88. The number of nitrogens with one attached hydrogen (secondary N) is 1. The highest BCUT2D eigenvalue weighted by Crippen LogP contribution is 2.41. The molecule has 1 N–H and O–H groups in total. The molecule has 0 aromatic heterocycles. The minimum Gasteiger partial charge on any atom is -0.339 e. The number of piperazine rings is 1. The fourth-order valence-corrected chi connectivity index (χ4v) is 4.68. The Labute approximate surface area is 175 Å². The van der Waals surface area contributed by atoms with Crippen molar-refractivity contribution in [3.05, 3.63) is 29.8 Å². The van der Waals surface area contributed by atoms with Crippen LogP contribution in [0, 0.1) is 5.92 Å². The molecular formula is C24H37N3O2. The number of hydrogen-bond acceptors (Lipinski definition) is 3. The summed E-state index contributed by atoms with van der Waals surface area (Å²) in [4.78, 5) is 30.3. The van der Waals surface area contributed by atoms with E-state index >= 15 is 0 Å². The van der Waals surface area contributed by atoms with Gasteiger partial charge in [0.1, 0.15) is 0 Å². The van der Waals surface area contributed by atoms with E-state index in [1.54, 1.807) is 0 Å². The molecule has 5 heteroatoms. The van der Waals surface area contributed by atoms with Gasteiger partial charge in [-0.1, -0.05) is 45.2 Å². The Kier molecular flexibility index (Phi) is 6.99. The van der Waals surface area contributed by atoms with Gasteiger partial charge in [-0.25, -0.2) is 0 Å². The highest BCUT2D eigenvalue weighted by molar-refractivity contribution is 5.92. The number of anilines is 1. The number of carbonyl (C=O) groups is 2. The molecule has 5 nitrogen and oxygen atoms in total. The molecule has 29 heavy (non-hydrogen) atoms. The smallest absolute Gasteiger partial charge is 0.233 e. The lowest BCUT2D eigenvalue weighted by Gasteiger charge is -2.44. The number of nitrogens with zero attached hydrogens (tertiary/aromatic N) is 2. The zero-order valence-corrected chi connectivity index (χ0v) is 18.5. The second kappa shape index (κ2) is 9.29. The molecule has 1 saturated heterocycles. The first-order chi connectivity index (χ1) is 13.8. The lowest BCUT2D eigenvalue weighted by atomic mass is 9.68. The second-order valence-corrected chi connectivity index (χ2v) is 9.29. The van der Waals surface area contributed by atoms with Crippen LogP contribution >= 0.6 is 0 Å². The molecule has 3 rings (SSSR count). The molecule has 1 aromatic carbocycles. The van der Waals surface area contributed by atoms with Crippen LogP contribution < -0.4 is 5.32 Å². The van der Waals surface area contributed by atoms with Gasteiger partial charge in [-0.15, -0.1) is 0 Å². The molecule has 2 fully saturated rings. The minimum atomic E-state index is -0.404. The standard InChI is InChI=1S/C24H37N3O2/c1-18(2)22(28)25-21-10-8-20(9-11-21)24(12-6-5-7-13-24)23(29)27-16-14-26(15-17-27)19(3)4/h8-11,18-19H,5-7,12-17H2,1-4H3,(H,25,28). The summed E-state index contributed by atoms with van der Waals surface area (Å²) < 4.78 is 0. The predicted octanol–water partition coefficient (Wildman–Crippen LogP) is 4.04. The molecule has 1 saturated carbocycles. The molecule has 1 aliphatic heterocycles. The minimum absolute atomic E-state index is 0.0178. The summed E-state index contributed by atoms with van der Waals surface area (Å²) in [6.07, 6.45) is 5.26. The maximum Gasteiger partial charge on any atom is 0.233 e. The summed E-state index contributed by atoms with van der Waals surface area (Å²) in [6.45, 7) is 11.8. The molecule has 0 radical (unpaired) electrons. The average molecular weight is 400 g/mol. The summed E-state index contributed by atoms with van der Waals surface area (Å²) >= 11 is 0. The van der Waals surface area contributed by atoms with E-state index in [0.717, 1.165) is 63.1 Å². The van der Waals surface area contributed by atoms with Crippen molar-refractivity contribution in [1.29, 1.82) is 0 Å². The average Bonchev–Trinajstić information content (AvgIpc) is 2.74. The molecule has 2 amide bonds. The highest BCUT2D eigenvalue weighted by Gasteiger charge is 2.44. The lowest BCUT2D eigenvalue weighted by Crippen LogP contribution is -2.56. The van der Waals surface area contributed by atoms with E-state index in [2.05, 4.69) is 41.1 Å². The maximum absolute atomic E-state index is 13.7. The van der Waals surface area contributed by atoms with Gasteiger partial charge in [0.2, 0.25) is 11.8 Å². The summed E-state index contributed by atoms with van der Waals surface area (Å²) in [5, 5.41) is 2.95. The van der Waals surface area contributed by atoms with Gasteiger partial charge in [0.15, 0.2) is 0 Å².